The predicted octanol–water partition coefficient (Wildman–Crippen LogP) is 15.3. The molecule has 0 amide bonds. The van der Waals surface area contributed by atoms with Crippen LogP contribution in [0.1, 0.15) is 12.2 Å². The lowest BCUT2D eigenvalue weighted by Crippen LogP contribution is -2.10. The fourth-order valence-electron chi connectivity index (χ4n) is 10.6. The maximum atomic E-state index is 7.32. The molecule has 2 aliphatic rings. The van der Waals surface area contributed by atoms with Crippen molar-refractivity contribution in [2.75, 3.05) is 0 Å². The molecule has 298 valence electrons. The van der Waals surface area contributed by atoms with Gasteiger partial charge in [0.05, 0.1) is 16.7 Å². The number of furan rings is 1. The minimum atomic E-state index is 0.267. The van der Waals surface area contributed by atoms with Crippen LogP contribution in [0.25, 0.3) is 121 Å². The number of rotatable bonds is 4. The Hall–Kier alpha value is -8.41. The monoisotopic (exact) mass is 816 g/mol. The van der Waals surface area contributed by atoms with E-state index in [1.807, 2.05) is 0 Å². The Morgan fingerprint density at radius 1 is 0.453 bits per heavy atom. The van der Waals surface area contributed by atoms with Crippen LogP contribution in [0.4, 0.5) is 0 Å². The Morgan fingerprint density at radius 3 is 1.97 bits per heavy atom. The highest BCUT2D eigenvalue weighted by atomic mass is 16.3. The van der Waals surface area contributed by atoms with Gasteiger partial charge in [-0.3, -0.25) is 0 Å². The van der Waals surface area contributed by atoms with Crippen LogP contribution >= 0.6 is 0 Å². The first-order valence-corrected chi connectivity index (χ1v) is 22.0. The predicted molar refractivity (Wildman–Crippen MR) is 265 cm³/mol. The molecule has 64 heavy (non-hydrogen) atoms. The molecule has 1 atom stereocenters. The topological polar surface area (TPSA) is 56.7 Å². The van der Waals surface area contributed by atoms with E-state index in [1.165, 1.54) is 37.9 Å². The second-order valence-corrected chi connectivity index (χ2v) is 17.0. The number of hydrogen-bond donors (Lipinski definition) is 0. The summed E-state index contributed by atoms with van der Waals surface area (Å²) in [6, 6.07) is 58.6. The van der Waals surface area contributed by atoms with Crippen molar-refractivity contribution in [1.82, 2.24) is 19.5 Å². The lowest BCUT2D eigenvalue weighted by molar-refractivity contribution is 0.670. The number of aromatic nitrogens is 4. The van der Waals surface area contributed by atoms with E-state index in [0.717, 1.165) is 83.3 Å². The van der Waals surface area contributed by atoms with Gasteiger partial charge in [0.2, 0.25) is 0 Å². The number of allylic oxidation sites excluding steroid dienone is 8. The van der Waals surface area contributed by atoms with E-state index in [2.05, 4.69) is 205 Å². The Morgan fingerprint density at radius 2 is 1.12 bits per heavy atom. The smallest absolute Gasteiger partial charge is 0.164 e. The average molecular weight is 817 g/mol. The highest BCUT2D eigenvalue weighted by molar-refractivity contribution is 6.25. The normalized spacial score (nSPS) is 15.0. The molecule has 5 nitrogen and oxygen atoms in total. The van der Waals surface area contributed by atoms with E-state index in [-0.39, 0.29) is 5.92 Å². The molecular weight excluding hydrogens is 781 g/mol. The zero-order chi connectivity index (χ0) is 41.9. The fraction of sp³-hybridized carbons (Fsp3) is 0.0339. The molecule has 0 radical (unpaired) electrons. The molecule has 9 aromatic carbocycles. The van der Waals surface area contributed by atoms with Gasteiger partial charge in [-0.05, 0) is 86.1 Å². The van der Waals surface area contributed by atoms with Crippen LogP contribution in [0.2, 0.25) is 0 Å². The van der Waals surface area contributed by atoms with Gasteiger partial charge < -0.3 is 8.98 Å². The maximum absolute atomic E-state index is 7.32. The molecule has 3 heterocycles. The van der Waals surface area contributed by atoms with Crippen LogP contribution in [0.3, 0.4) is 0 Å². The first-order chi connectivity index (χ1) is 31.7. The van der Waals surface area contributed by atoms with Crippen molar-refractivity contribution in [1.29, 1.82) is 0 Å². The van der Waals surface area contributed by atoms with Crippen molar-refractivity contribution in [3.05, 3.63) is 212 Å². The largest absolute Gasteiger partial charge is 0.453 e. The van der Waals surface area contributed by atoms with Crippen LogP contribution in [0, 0.1) is 5.92 Å². The third kappa shape index (κ3) is 5.15. The zero-order valence-corrected chi connectivity index (χ0v) is 34.5. The summed E-state index contributed by atoms with van der Waals surface area (Å²) in [6.07, 6.45) is 14.1. The number of hydrogen-bond acceptors (Lipinski definition) is 4. The summed E-state index contributed by atoms with van der Waals surface area (Å²) in [6.45, 7) is 0. The van der Waals surface area contributed by atoms with Gasteiger partial charge in [0, 0.05) is 49.5 Å². The van der Waals surface area contributed by atoms with Crippen LogP contribution in [-0.2, 0) is 0 Å². The third-order valence-corrected chi connectivity index (χ3v) is 13.5. The summed E-state index contributed by atoms with van der Waals surface area (Å²) < 4.78 is 9.72. The molecule has 0 saturated carbocycles. The molecule has 14 rings (SSSR count). The molecule has 1 unspecified atom stereocenters. The number of nitrogens with zero attached hydrogens (tertiary/aromatic N) is 4. The molecule has 0 N–H and O–H groups in total. The first kappa shape index (κ1) is 35.2. The van der Waals surface area contributed by atoms with Crippen molar-refractivity contribution in [2.24, 2.45) is 5.92 Å². The molecule has 0 spiro atoms. The molecular formula is C59H36N4O. The number of benzene rings is 9. The second kappa shape index (κ2) is 13.5. The first-order valence-electron chi connectivity index (χ1n) is 22.0. The maximum Gasteiger partial charge on any atom is 0.164 e. The Kier molecular flexibility index (Phi) is 7.45. The summed E-state index contributed by atoms with van der Waals surface area (Å²) >= 11 is 0. The van der Waals surface area contributed by atoms with Gasteiger partial charge >= 0.3 is 0 Å². The van der Waals surface area contributed by atoms with E-state index in [1.54, 1.807) is 0 Å². The zero-order valence-electron chi connectivity index (χ0n) is 34.5. The van der Waals surface area contributed by atoms with Crippen molar-refractivity contribution in [3.8, 4) is 28.5 Å². The van der Waals surface area contributed by atoms with Gasteiger partial charge in [-0.25, -0.2) is 15.0 Å². The van der Waals surface area contributed by atoms with Gasteiger partial charge in [0.1, 0.15) is 5.58 Å². The molecule has 0 saturated heterocycles. The van der Waals surface area contributed by atoms with Gasteiger partial charge in [-0.2, -0.15) is 0 Å². The summed E-state index contributed by atoms with van der Waals surface area (Å²) in [4.78, 5) is 16.2. The van der Waals surface area contributed by atoms with Crippen LogP contribution in [0.5, 0.6) is 0 Å². The summed E-state index contributed by atoms with van der Waals surface area (Å²) in [5, 5.41) is 13.6. The molecule has 2 aliphatic carbocycles. The molecule has 3 aromatic heterocycles. The highest BCUT2D eigenvalue weighted by Crippen LogP contribution is 2.46. The Bertz CT molecular complexity index is 4120. The minimum absolute atomic E-state index is 0.267. The highest BCUT2D eigenvalue weighted by Gasteiger charge is 2.26. The third-order valence-electron chi connectivity index (χ3n) is 13.5. The van der Waals surface area contributed by atoms with Crippen molar-refractivity contribution in [3.63, 3.8) is 0 Å². The number of fused-ring (bicyclic) bond motifs is 13. The lowest BCUT2D eigenvalue weighted by Gasteiger charge is -2.22. The standard InChI is InChI=1S/C59H36N4O/c1-2-18-40-34-52-49(33-39(40)17-1)53-43-23-9-5-15-37(43)28-31-50(53)63(52)51-32-30-48(54-47-29-27-38-16-6-10-24-44(38)55(47)64-56(51)54)59-61-57(45-25-11-19-35-13-3-7-21-41(35)45)60-58(62-59)46-26-12-20-36-14-4-8-22-42(36)46/h1-19,21-34,36H,20H2. The van der Waals surface area contributed by atoms with Crippen molar-refractivity contribution in [2.45, 2.75) is 6.42 Å². The van der Waals surface area contributed by atoms with E-state index in [9.17, 15) is 0 Å². The molecule has 0 fully saturated rings. The van der Waals surface area contributed by atoms with Gasteiger partial charge in [-0.15, -0.1) is 0 Å². The van der Waals surface area contributed by atoms with Crippen LogP contribution < -0.4 is 0 Å². The van der Waals surface area contributed by atoms with Gasteiger partial charge in [0.25, 0.3) is 0 Å². The Labute approximate surface area is 367 Å². The van der Waals surface area contributed by atoms with E-state index in [4.69, 9.17) is 19.4 Å². The fourth-order valence-corrected chi connectivity index (χ4v) is 10.6. The minimum Gasteiger partial charge on any atom is -0.453 e. The molecule has 5 heteroatoms. The molecule has 0 aliphatic heterocycles. The Balaban J connectivity index is 1.11. The van der Waals surface area contributed by atoms with Crippen LogP contribution in [-0.4, -0.2) is 19.5 Å². The summed E-state index contributed by atoms with van der Waals surface area (Å²) in [5.41, 5.74) is 8.88. The van der Waals surface area contributed by atoms with Crippen molar-refractivity contribution < 1.29 is 4.42 Å². The second-order valence-electron chi connectivity index (χ2n) is 17.0. The van der Waals surface area contributed by atoms with E-state index < -0.39 is 0 Å². The van der Waals surface area contributed by atoms with E-state index >= 15 is 0 Å². The summed E-state index contributed by atoms with van der Waals surface area (Å²) in [7, 11) is 0. The lowest BCUT2D eigenvalue weighted by atomic mass is 9.84. The van der Waals surface area contributed by atoms with Gasteiger partial charge in [-0.1, -0.05) is 164 Å². The molecule has 0 bridgehead atoms. The van der Waals surface area contributed by atoms with Gasteiger partial charge in [0.15, 0.2) is 23.1 Å². The van der Waals surface area contributed by atoms with E-state index in [0.29, 0.717) is 17.5 Å². The SMILES string of the molecule is C1=CC2=C(c3nc(-c4cccc5ccccc45)nc(-c4ccc(-n5c6cc7ccccc7cc6c6c7ccccc7ccc65)c5oc6c7ccccc7ccc6c45)n3)C=CCC2C=C1. The van der Waals surface area contributed by atoms with Crippen LogP contribution in [0.15, 0.2) is 210 Å². The molecule has 12 aromatic rings. The summed E-state index contributed by atoms with van der Waals surface area (Å²) in [5.74, 6) is 2.15. The average Bonchev–Trinajstić information content (AvgIpc) is 3.91. The van der Waals surface area contributed by atoms with Crippen molar-refractivity contribution >= 4 is 92.4 Å². The quantitative estimate of drug-likeness (QED) is 0.178.